The molecule has 30 heavy (non-hydrogen) atoms. The van der Waals surface area contributed by atoms with Gasteiger partial charge in [0.2, 0.25) is 5.01 Å². The van der Waals surface area contributed by atoms with E-state index in [0.717, 1.165) is 17.7 Å². The van der Waals surface area contributed by atoms with Crippen LogP contribution in [0.3, 0.4) is 0 Å². The summed E-state index contributed by atoms with van der Waals surface area (Å²) >= 11 is 1.18. The lowest BCUT2D eigenvalue weighted by molar-refractivity contribution is 0.0938. The maximum absolute atomic E-state index is 12.4. The molecule has 156 valence electrons. The normalized spacial score (nSPS) is 11.6. The van der Waals surface area contributed by atoms with E-state index >= 15 is 0 Å². The van der Waals surface area contributed by atoms with Crippen LogP contribution in [0.2, 0.25) is 0 Å². The molecule has 3 aromatic rings. The molecule has 7 nitrogen and oxygen atoms in total. The first-order chi connectivity index (χ1) is 14.4. The van der Waals surface area contributed by atoms with Gasteiger partial charge >= 0.3 is 0 Å². The fourth-order valence-electron chi connectivity index (χ4n) is 2.48. The van der Waals surface area contributed by atoms with Crippen molar-refractivity contribution in [3.05, 3.63) is 69.7 Å². The SMILES string of the molecule is CC[C@@H](C)NC(=O)c1ccc(NC(=O)c2nnc(COc3ccc(C)cc3)s2)cc1. The smallest absolute Gasteiger partial charge is 0.286 e. The summed E-state index contributed by atoms with van der Waals surface area (Å²) in [6.07, 6.45) is 0.861. The molecule has 0 saturated heterocycles. The van der Waals surface area contributed by atoms with Crippen LogP contribution < -0.4 is 15.4 Å². The van der Waals surface area contributed by atoms with Crippen molar-refractivity contribution in [2.45, 2.75) is 39.8 Å². The van der Waals surface area contributed by atoms with E-state index in [4.69, 9.17) is 4.74 Å². The van der Waals surface area contributed by atoms with Crippen LogP contribution in [0, 0.1) is 6.92 Å². The molecule has 2 N–H and O–H groups in total. The highest BCUT2D eigenvalue weighted by atomic mass is 32.1. The highest BCUT2D eigenvalue weighted by molar-refractivity contribution is 7.13. The minimum atomic E-state index is -0.356. The first-order valence-electron chi connectivity index (χ1n) is 9.68. The topological polar surface area (TPSA) is 93.2 Å². The Hall–Kier alpha value is -3.26. The van der Waals surface area contributed by atoms with E-state index in [1.807, 2.05) is 45.0 Å². The molecule has 8 heteroatoms. The minimum Gasteiger partial charge on any atom is -0.486 e. The van der Waals surface area contributed by atoms with Crippen molar-refractivity contribution >= 4 is 28.8 Å². The van der Waals surface area contributed by atoms with Crippen molar-refractivity contribution < 1.29 is 14.3 Å². The zero-order chi connectivity index (χ0) is 21.5. The lowest BCUT2D eigenvalue weighted by Crippen LogP contribution is -2.31. The average molecular weight is 425 g/mol. The molecule has 3 rings (SSSR count). The molecule has 0 spiro atoms. The molecule has 0 fully saturated rings. The van der Waals surface area contributed by atoms with Gasteiger partial charge in [0.25, 0.3) is 11.8 Å². The molecule has 2 aromatic carbocycles. The number of nitrogens with zero attached hydrogens (tertiary/aromatic N) is 2. The van der Waals surface area contributed by atoms with Gasteiger partial charge in [-0.05, 0) is 56.7 Å². The summed E-state index contributed by atoms with van der Waals surface area (Å²) in [7, 11) is 0. The number of aryl methyl sites for hydroxylation is 1. The van der Waals surface area contributed by atoms with Gasteiger partial charge in [-0.2, -0.15) is 0 Å². The Morgan fingerprint density at radius 2 is 1.73 bits per heavy atom. The van der Waals surface area contributed by atoms with E-state index in [0.29, 0.717) is 16.3 Å². The molecular formula is C22H24N4O3S. The Bertz CT molecular complexity index is 1000. The summed E-state index contributed by atoms with van der Waals surface area (Å²) in [5, 5.41) is 14.5. The number of aromatic nitrogens is 2. The highest BCUT2D eigenvalue weighted by Crippen LogP contribution is 2.17. The number of anilines is 1. The summed E-state index contributed by atoms with van der Waals surface area (Å²) in [5.74, 6) is 0.245. The van der Waals surface area contributed by atoms with Crippen LogP contribution in [0.1, 0.15) is 51.0 Å². The number of rotatable bonds is 8. The number of nitrogens with one attached hydrogen (secondary N) is 2. The summed E-state index contributed by atoms with van der Waals surface area (Å²) in [5.41, 5.74) is 2.27. The number of carbonyl (C=O) groups is 2. The molecule has 0 aliphatic carbocycles. The first kappa shape index (κ1) is 21.4. The van der Waals surface area contributed by atoms with Gasteiger partial charge in [-0.15, -0.1) is 10.2 Å². The summed E-state index contributed by atoms with van der Waals surface area (Å²) in [6, 6.07) is 14.5. The van der Waals surface area contributed by atoms with Gasteiger partial charge < -0.3 is 15.4 Å². The zero-order valence-electron chi connectivity index (χ0n) is 17.1. The van der Waals surface area contributed by atoms with Crippen LogP contribution >= 0.6 is 11.3 Å². The second-order valence-electron chi connectivity index (χ2n) is 6.92. The van der Waals surface area contributed by atoms with E-state index in [9.17, 15) is 9.59 Å². The van der Waals surface area contributed by atoms with Gasteiger partial charge in [-0.25, -0.2) is 0 Å². The second kappa shape index (κ2) is 9.98. The van der Waals surface area contributed by atoms with Crippen molar-refractivity contribution in [3.8, 4) is 5.75 Å². The number of carbonyl (C=O) groups excluding carboxylic acids is 2. The van der Waals surface area contributed by atoms with Crippen LogP contribution in [-0.2, 0) is 6.61 Å². The predicted octanol–water partition coefficient (Wildman–Crippen LogP) is 4.21. The zero-order valence-corrected chi connectivity index (χ0v) is 18.0. The molecule has 0 saturated carbocycles. The Labute approximate surface area is 179 Å². The second-order valence-corrected chi connectivity index (χ2v) is 7.98. The molecule has 1 atom stereocenters. The fourth-order valence-corrected chi connectivity index (χ4v) is 3.13. The first-order valence-corrected chi connectivity index (χ1v) is 10.5. The van der Waals surface area contributed by atoms with E-state index in [-0.39, 0.29) is 29.5 Å². The number of hydrogen-bond acceptors (Lipinski definition) is 6. The van der Waals surface area contributed by atoms with Gasteiger partial charge in [-0.1, -0.05) is 36.0 Å². The maximum atomic E-state index is 12.4. The summed E-state index contributed by atoms with van der Waals surface area (Å²) in [6.45, 7) is 6.22. The quantitative estimate of drug-likeness (QED) is 0.565. The van der Waals surface area contributed by atoms with Crippen molar-refractivity contribution in [2.24, 2.45) is 0 Å². The summed E-state index contributed by atoms with van der Waals surface area (Å²) in [4.78, 5) is 24.5. The Balaban J connectivity index is 1.54. The van der Waals surface area contributed by atoms with E-state index in [1.54, 1.807) is 24.3 Å². The van der Waals surface area contributed by atoms with E-state index in [1.165, 1.54) is 11.3 Å². The van der Waals surface area contributed by atoms with Crippen LogP contribution in [0.15, 0.2) is 48.5 Å². The summed E-state index contributed by atoms with van der Waals surface area (Å²) < 4.78 is 5.67. The number of ether oxygens (including phenoxy) is 1. The van der Waals surface area contributed by atoms with Gasteiger partial charge in [0.05, 0.1) is 0 Å². The highest BCUT2D eigenvalue weighted by Gasteiger charge is 2.14. The Kier molecular flexibility index (Phi) is 7.13. The third kappa shape index (κ3) is 5.87. The Morgan fingerprint density at radius 1 is 1.03 bits per heavy atom. The van der Waals surface area contributed by atoms with Gasteiger partial charge in [0, 0.05) is 17.3 Å². The monoisotopic (exact) mass is 424 g/mol. The molecule has 0 aliphatic heterocycles. The van der Waals surface area contributed by atoms with Gasteiger partial charge in [0.15, 0.2) is 5.01 Å². The third-order valence-electron chi connectivity index (χ3n) is 4.44. The van der Waals surface area contributed by atoms with Crippen LogP contribution in [-0.4, -0.2) is 28.1 Å². The van der Waals surface area contributed by atoms with Crippen LogP contribution in [0.25, 0.3) is 0 Å². The number of hydrogen-bond donors (Lipinski definition) is 2. The molecule has 0 radical (unpaired) electrons. The van der Waals surface area contributed by atoms with E-state index in [2.05, 4.69) is 20.8 Å². The number of benzene rings is 2. The van der Waals surface area contributed by atoms with Crippen molar-refractivity contribution in [1.29, 1.82) is 0 Å². The van der Waals surface area contributed by atoms with Crippen molar-refractivity contribution in [1.82, 2.24) is 15.5 Å². The molecular weight excluding hydrogens is 400 g/mol. The lowest BCUT2D eigenvalue weighted by Gasteiger charge is -2.11. The number of amides is 2. The third-order valence-corrected chi connectivity index (χ3v) is 5.33. The molecule has 2 amide bonds. The molecule has 1 heterocycles. The fraction of sp³-hybridized carbons (Fsp3) is 0.273. The minimum absolute atomic E-state index is 0.110. The molecule has 0 bridgehead atoms. The molecule has 0 aliphatic rings. The maximum Gasteiger partial charge on any atom is 0.286 e. The largest absolute Gasteiger partial charge is 0.486 e. The van der Waals surface area contributed by atoms with Crippen molar-refractivity contribution in [3.63, 3.8) is 0 Å². The molecule has 0 unspecified atom stereocenters. The lowest BCUT2D eigenvalue weighted by atomic mass is 10.1. The van der Waals surface area contributed by atoms with Crippen LogP contribution in [0.4, 0.5) is 5.69 Å². The Morgan fingerprint density at radius 3 is 2.40 bits per heavy atom. The van der Waals surface area contributed by atoms with Gasteiger partial charge in [-0.3, -0.25) is 9.59 Å². The van der Waals surface area contributed by atoms with Crippen molar-refractivity contribution in [2.75, 3.05) is 5.32 Å². The van der Waals surface area contributed by atoms with E-state index < -0.39 is 0 Å². The average Bonchev–Trinajstić information content (AvgIpc) is 3.23. The standard InChI is InChI=1S/C22H24N4O3S/c1-4-15(3)23-20(27)16-7-9-17(10-8-16)24-21(28)22-26-25-19(30-22)13-29-18-11-5-14(2)6-12-18/h5-12,15H,4,13H2,1-3H3,(H,23,27)(H,24,28)/t15-/m1/s1. The van der Waals surface area contributed by atoms with Crippen LogP contribution in [0.5, 0.6) is 5.75 Å². The van der Waals surface area contributed by atoms with Gasteiger partial charge in [0.1, 0.15) is 12.4 Å². The predicted molar refractivity (Wildman–Crippen MR) is 117 cm³/mol. The molecule has 1 aromatic heterocycles.